The highest BCUT2D eigenvalue weighted by Gasteiger charge is 2.46. The molecule has 8 heteroatoms. The number of pyridine rings is 1. The molecule has 3 heterocycles. The average Bonchev–Trinajstić information content (AvgIpc) is 3.21. The van der Waals surface area contributed by atoms with Gasteiger partial charge in [0.25, 0.3) is 5.56 Å². The van der Waals surface area contributed by atoms with Crippen LogP contribution in [0.4, 0.5) is 5.13 Å². The van der Waals surface area contributed by atoms with Gasteiger partial charge >= 0.3 is 0 Å². The quantitative estimate of drug-likeness (QED) is 0.591. The molecule has 7 nitrogen and oxygen atoms in total. The van der Waals surface area contributed by atoms with E-state index < -0.39 is 0 Å². The van der Waals surface area contributed by atoms with Crippen molar-refractivity contribution in [2.45, 2.75) is 50.8 Å². The minimum absolute atomic E-state index is 0.00323. The molecule has 3 aromatic rings. The summed E-state index contributed by atoms with van der Waals surface area (Å²) in [5.74, 6) is 0.00323. The number of rotatable bonds is 7. The van der Waals surface area contributed by atoms with Gasteiger partial charge in [-0.3, -0.25) is 9.59 Å². The molecule has 1 aliphatic carbocycles. The molecule has 2 N–H and O–H groups in total. The SMILES string of the molecule is CCOC1(c2cc3sc(N4CCC[C@@H]4C(=O)NCc4ccccc4)nc3c(=O)[nH]2)CC1. The number of thiazole rings is 1. The van der Waals surface area contributed by atoms with Crippen molar-refractivity contribution in [2.24, 2.45) is 0 Å². The van der Waals surface area contributed by atoms with E-state index in [9.17, 15) is 9.59 Å². The van der Waals surface area contributed by atoms with Crippen molar-refractivity contribution >= 4 is 32.6 Å². The molecule has 31 heavy (non-hydrogen) atoms. The van der Waals surface area contributed by atoms with Crippen molar-refractivity contribution in [3.63, 3.8) is 0 Å². The van der Waals surface area contributed by atoms with Crippen LogP contribution in [0.2, 0.25) is 0 Å². The lowest BCUT2D eigenvalue weighted by Crippen LogP contribution is -2.43. The molecular formula is C23H26N4O3S. The molecule has 1 atom stereocenters. The number of amides is 1. The minimum Gasteiger partial charge on any atom is -0.369 e. The van der Waals surface area contributed by atoms with Crippen molar-refractivity contribution < 1.29 is 9.53 Å². The fourth-order valence-electron chi connectivity index (χ4n) is 4.35. The molecule has 1 aliphatic heterocycles. The summed E-state index contributed by atoms with van der Waals surface area (Å²) in [6.07, 6.45) is 3.55. The van der Waals surface area contributed by atoms with E-state index in [1.807, 2.05) is 48.2 Å². The van der Waals surface area contributed by atoms with Gasteiger partial charge in [0, 0.05) is 19.7 Å². The zero-order chi connectivity index (χ0) is 21.4. The summed E-state index contributed by atoms with van der Waals surface area (Å²) < 4.78 is 6.74. The zero-order valence-electron chi connectivity index (χ0n) is 17.5. The largest absolute Gasteiger partial charge is 0.369 e. The molecule has 1 saturated carbocycles. The summed E-state index contributed by atoms with van der Waals surface area (Å²) in [6.45, 7) is 3.85. The van der Waals surface area contributed by atoms with Gasteiger partial charge < -0.3 is 19.9 Å². The molecule has 162 valence electrons. The van der Waals surface area contributed by atoms with E-state index in [1.165, 1.54) is 11.3 Å². The molecule has 2 fully saturated rings. The van der Waals surface area contributed by atoms with Crippen LogP contribution in [0, 0.1) is 0 Å². The minimum atomic E-state index is -0.347. The smallest absolute Gasteiger partial charge is 0.275 e. The van der Waals surface area contributed by atoms with E-state index in [0.29, 0.717) is 18.7 Å². The van der Waals surface area contributed by atoms with Crippen LogP contribution in [0.5, 0.6) is 0 Å². The maximum absolute atomic E-state index is 12.9. The Kier molecular flexibility index (Phi) is 5.27. The third kappa shape index (κ3) is 3.85. The van der Waals surface area contributed by atoms with Gasteiger partial charge in [-0.2, -0.15) is 0 Å². The first-order valence-electron chi connectivity index (χ1n) is 10.9. The number of benzene rings is 1. The number of fused-ring (bicyclic) bond motifs is 1. The number of nitrogens with one attached hydrogen (secondary N) is 2. The second-order valence-electron chi connectivity index (χ2n) is 8.20. The predicted octanol–water partition coefficient (Wildman–Crippen LogP) is 3.30. The van der Waals surface area contributed by atoms with Gasteiger partial charge in [0.2, 0.25) is 5.91 Å². The van der Waals surface area contributed by atoms with E-state index >= 15 is 0 Å². The fraction of sp³-hybridized carbons (Fsp3) is 0.435. The summed E-state index contributed by atoms with van der Waals surface area (Å²) in [4.78, 5) is 35.2. The standard InChI is InChI=1S/C23H26N4O3S/c1-2-30-23(10-11-23)18-13-17-19(21(29)25-18)26-22(31-17)27-12-6-9-16(27)20(28)24-14-15-7-4-3-5-8-15/h3-5,7-8,13,16H,2,6,9-12,14H2,1H3,(H,24,28)(H,25,29)/t16-/m1/s1. The van der Waals surface area contributed by atoms with E-state index in [-0.39, 0.29) is 23.1 Å². The Balaban J connectivity index is 1.37. The molecular weight excluding hydrogens is 412 g/mol. The number of hydrogen-bond donors (Lipinski definition) is 2. The second-order valence-corrected chi connectivity index (χ2v) is 9.21. The van der Waals surface area contributed by atoms with Crippen LogP contribution in [0.1, 0.15) is 43.9 Å². The molecule has 1 saturated heterocycles. The van der Waals surface area contributed by atoms with Gasteiger partial charge in [0.1, 0.15) is 17.2 Å². The number of hydrogen-bond acceptors (Lipinski definition) is 6. The van der Waals surface area contributed by atoms with E-state index in [0.717, 1.165) is 53.3 Å². The van der Waals surface area contributed by atoms with Crippen molar-refractivity contribution in [3.8, 4) is 0 Å². The van der Waals surface area contributed by atoms with E-state index in [4.69, 9.17) is 4.74 Å². The van der Waals surface area contributed by atoms with Gasteiger partial charge in [-0.15, -0.1) is 0 Å². The number of ether oxygens (including phenoxy) is 1. The Bertz CT molecular complexity index is 1150. The maximum atomic E-state index is 12.9. The van der Waals surface area contributed by atoms with Crippen LogP contribution >= 0.6 is 11.3 Å². The first kappa shape index (κ1) is 20.2. The lowest BCUT2D eigenvalue weighted by atomic mass is 10.2. The Morgan fingerprint density at radius 3 is 2.90 bits per heavy atom. The van der Waals surface area contributed by atoms with Crippen LogP contribution in [0.15, 0.2) is 41.2 Å². The van der Waals surface area contributed by atoms with Crippen LogP contribution in [0.3, 0.4) is 0 Å². The Morgan fingerprint density at radius 1 is 1.35 bits per heavy atom. The summed E-state index contributed by atoms with van der Waals surface area (Å²) in [6, 6.07) is 11.6. The van der Waals surface area contributed by atoms with Crippen LogP contribution in [-0.2, 0) is 21.7 Å². The molecule has 0 spiro atoms. The number of nitrogens with zero attached hydrogens (tertiary/aromatic N) is 2. The summed E-state index contributed by atoms with van der Waals surface area (Å²) >= 11 is 1.48. The Hall–Kier alpha value is -2.71. The molecule has 2 aliphatic rings. The highest BCUT2D eigenvalue weighted by Crippen LogP contribution is 2.48. The monoisotopic (exact) mass is 438 g/mol. The third-order valence-corrected chi connectivity index (χ3v) is 7.15. The number of aromatic amines is 1. The lowest BCUT2D eigenvalue weighted by Gasteiger charge is -2.23. The fourth-order valence-corrected chi connectivity index (χ4v) is 5.43. The second kappa shape index (κ2) is 8.09. The number of carbonyl (C=O) groups is 1. The van der Waals surface area contributed by atoms with Gasteiger partial charge in [0.05, 0.1) is 10.4 Å². The highest BCUT2D eigenvalue weighted by atomic mass is 32.1. The Labute approximate surface area is 184 Å². The van der Waals surface area contributed by atoms with Crippen LogP contribution < -0.4 is 15.8 Å². The summed E-state index contributed by atoms with van der Waals surface area (Å²) in [5, 5.41) is 3.78. The summed E-state index contributed by atoms with van der Waals surface area (Å²) in [7, 11) is 0. The van der Waals surface area contributed by atoms with E-state index in [2.05, 4.69) is 15.3 Å². The van der Waals surface area contributed by atoms with Crippen molar-refractivity contribution in [2.75, 3.05) is 18.1 Å². The van der Waals surface area contributed by atoms with Crippen molar-refractivity contribution in [1.82, 2.24) is 15.3 Å². The molecule has 5 rings (SSSR count). The average molecular weight is 439 g/mol. The third-order valence-electron chi connectivity index (χ3n) is 6.11. The highest BCUT2D eigenvalue weighted by molar-refractivity contribution is 7.22. The van der Waals surface area contributed by atoms with Crippen molar-refractivity contribution in [1.29, 1.82) is 0 Å². The Morgan fingerprint density at radius 2 is 2.16 bits per heavy atom. The van der Waals surface area contributed by atoms with Gasteiger partial charge in [-0.05, 0) is 44.2 Å². The van der Waals surface area contributed by atoms with Crippen molar-refractivity contribution in [3.05, 3.63) is 58.0 Å². The molecule has 2 aromatic heterocycles. The molecule has 0 radical (unpaired) electrons. The summed E-state index contributed by atoms with van der Waals surface area (Å²) in [5.41, 5.74) is 1.81. The first-order valence-corrected chi connectivity index (χ1v) is 11.7. The normalized spacial score (nSPS) is 19.6. The first-order chi connectivity index (χ1) is 15.1. The maximum Gasteiger partial charge on any atom is 0.275 e. The number of anilines is 1. The van der Waals surface area contributed by atoms with Crippen LogP contribution in [-0.4, -0.2) is 35.1 Å². The molecule has 0 unspecified atom stereocenters. The van der Waals surface area contributed by atoms with Crippen LogP contribution in [0.25, 0.3) is 10.2 Å². The molecule has 1 amide bonds. The number of aromatic nitrogens is 2. The molecule has 1 aromatic carbocycles. The number of carbonyl (C=O) groups excluding carboxylic acids is 1. The number of H-pyrrole nitrogens is 1. The van der Waals surface area contributed by atoms with E-state index in [1.54, 1.807) is 0 Å². The zero-order valence-corrected chi connectivity index (χ0v) is 18.3. The predicted molar refractivity (Wildman–Crippen MR) is 121 cm³/mol. The lowest BCUT2D eigenvalue weighted by molar-refractivity contribution is -0.122. The molecule has 0 bridgehead atoms. The van der Waals surface area contributed by atoms with Gasteiger partial charge in [0.15, 0.2) is 5.13 Å². The van der Waals surface area contributed by atoms with Gasteiger partial charge in [-0.1, -0.05) is 41.7 Å². The topological polar surface area (TPSA) is 87.3 Å². The van der Waals surface area contributed by atoms with Gasteiger partial charge in [-0.25, -0.2) is 4.98 Å².